The molecular formula is C22H23F5N4O3. The number of carbonyl (C=O) groups is 1. The van der Waals surface area contributed by atoms with Gasteiger partial charge in [0.1, 0.15) is 17.1 Å². The average Bonchev–Trinajstić information content (AvgIpc) is 3.13. The number of carbonyl (C=O) groups excluding carboxylic acids is 1. The first-order valence-electron chi connectivity index (χ1n) is 10.3. The number of rotatable bonds is 8. The van der Waals surface area contributed by atoms with Crippen LogP contribution < -0.4 is 10.1 Å². The second-order valence-electron chi connectivity index (χ2n) is 8.23. The Kier molecular flexibility index (Phi) is 6.83. The minimum atomic E-state index is -5.85. The van der Waals surface area contributed by atoms with E-state index in [1.807, 2.05) is 0 Å². The number of halogens is 5. The Balaban J connectivity index is 1.90. The molecule has 0 fully saturated rings. The lowest BCUT2D eigenvalue weighted by Crippen LogP contribution is -2.35. The molecule has 1 amide bonds. The molecule has 3 rings (SSSR count). The summed E-state index contributed by atoms with van der Waals surface area (Å²) in [6.45, 7) is 5.71. The third-order valence-electron chi connectivity index (χ3n) is 4.81. The number of nitrogens with one attached hydrogen (secondary N) is 1. The summed E-state index contributed by atoms with van der Waals surface area (Å²) in [4.78, 5) is 15.9. The van der Waals surface area contributed by atoms with Crippen LogP contribution in [0.4, 0.5) is 27.6 Å². The number of nitrogens with zero attached hydrogens (tertiary/aromatic N) is 3. The molecule has 0 atom stereocenters. The molecule has 0 unspecified atom stereocenters. The van der Waals surface area contributed by atoms with Crippen LogP contribution in [-0.2, 0) is 12.5 Å². The molecule has 0 saturated carbocycles. The van der Waals surface area contributed by atoms with Gasteiger partial charge in [-0.2, -0.15) is 27.1 Å². The minimum Gasteiger partial charge on any atom is -0.492 e. The molecule has 184 valence electrons. The third kappa shape index (κ3) is 5.61. The normalized spacial score (nSPS) is 12.7. The highest BCUT2D eigenvalue weighted by molar-refractivity contribution is 6.05. The van der Waals surface area contributed by atoms with Crippen molar-refractivity contribution in [3.63, 3.8) is 0 Å². The molecule has 0 aliphatic carbocycles. The summed E-state index contributed by atoms with van der Waals surface area (Å²) < 4.78 is 72.5. The van der Waals surface area contributed by atoms with Crippen molar-refractivity contribution >= 4 is 22.5 Å². The Hall–Kier alpha value is -3.28. The highest BCUT2D eigenvalue weighted by Crippen LogP contribution is 2.43. The molecule has 0 radical (unpaired) electrons. The van der Waals surface area contributed by atoms with Crippen molar-refractivity contribution in [2.75, 3.05) is 11.9 Å². The van der Waals surface area contributed by atoms with E-state index in [1.165, 1.54) is 0 Å². The first-order chi connectivity index (χ1) is 15.7. The predicted octanol–water partition coefficient (Wildman–Crippen LogP) is 4.90. The number of amides is 1. The van der Waals surface area contributed by atoms with E-state index in [4.69, 9.17) is 4.74 Å². The number of anilines is 1. The maximum Gasteiger partial charge on any atom is 0.459 e. The summed E-state index contributed by atoms with van der Waals surface area (Å²) in [6.07, 6.45) is -3.73. The van der Waals surface area contributed by atoms with E-state index in [0.29, 0.717) is 29.9 Å². The van der Waals surface area contributed by atoms with Crippen molar-refractivity contribution in [3.8, 4) is 5.75 Å². The zero-order chi connectivity index (χ0) is 25.3. The molecule has 2 heterocycles. The minimum absolute atomic E-state index is 0.163. The van der Waals surface area contributed by atoms with Gasteiger partial charge in [0.2, 0.25) is 0 Å². The van der Waals surface area contributed by atoms with Crippen molar-refractivity contribution < 1.29 is 36.6 Å². The third-order valence-corrected chi connectivity index (χ3v) is 4.81. The van der Waals surface area contributed by atoms with Gasteiger partial charge < -0.3 is 15.2 Å². The molecule has 0 aliphatic rings. The molecule has 1 aromatic carbocycles. The Labute approximate surface area is 191 Å². The molecule has 34 heavy (non-hydrogen) atoms. The van der Waals surface area contributed by atoms with Crippen molar-refractivity contribution in [1.29, 1.82) is 0 Å². The van der Waals surface area contributed by atoms with Crippen LogP contribution >= 0.6 is 0 Å². The summed E-state index contributed by atoms with van der Waals surface area (Å²) in [5.74, 6) is -5.97. The smallest absolute Gasteiger partial charge is 0.459 e. The van der Waals surface area contributed by atoms with Gasteiger partial charge in [0.25, 0.3) is 5.91 Å². The van der Waals surface area contributed by atoms with Crippen molar-refractivity contribution in [2.24, 2.45) is 0 Å². The average molecular weight is 486 g/mol. The van der Waals surface area contributed by atoms with Crippen LogP contribution in [0.25, 0.3) is 10.9 Å². The summed E-state index contributed by atoms with van der Waals surface area (Å²) in [6, 6.07) is 5.54. The topological polar surface area (TPSA) is 89.3 Å². The molecular weight excluding hydrogens is 463 g/mol. The van der Waals surface area contributed by atoms with E-state index >= 15 is 0 Å². The number of aryl methyl sites for hydroxylation is 1. The number of benzene rings is 1. The summed E-state index contributed by atoms with van der Waals surface area (Å²) >= 11 is 0. The molecule has 0 spiro atoms. The van der Waals surface area contributed by atoms with E-state index in [0.717, 1.165) is 12.1 Å². The molecule has 7 nitrogen and oxygen atoms in total. The summed E-state index contributed by atoms with van der Waals surface area (Å²) in [7, 11) is 0. The van der Waals surface area contributed by atoms with Gasteiger partial charge in [-0.25, -0.2) is 4.98 Å². The second kappa shape index (κ2) is 9.16. The monoisotopic (exact) mass is 486 g/mol. The van der Waals surface area contributed by atoms with E-state index in [1.54, 1.807) is 43.8 Å². The maximum atomic E-state index is 13.6. The van der Waals surface area contributed by atoms with E-state index < -0.39 is 35.0 Å². The Morgan fingerprint density at radius 3 is 2.50 bits per heavy atom. The van der Waals surface area contributed by atoms with Crippen molar-refractivity contribution in [1.82, 2.24) is 14.8 Å². The number of fused-ring (bicyclic) bond motifs is 1. The highest BCUT2D eigenvalue weighted by atomic mass is 19.4. The largest absolute Gasteiger partial charge is 0.492 e. The number of hydrogen-bond acceptors (Lipinski definition) is 5. The van der Waals surface area contributed by atoms with Gasteiger partial charge in [0.15, 0.2) is 0 Å². The SMILES string of the molecule is CCOc1cc2nn(CCC(C)(C)O)cc2cc1NC(=O)c1cccc(C(F)(F)C(F)(F)F)n1. The lowest BCUT2D eigenvalue weighted by Gasteiger charge is -2.19. The molecule has 0 bridgehead atoms. The predicted molar refractivity (Wildman–Crippen MR) is 114 cm³/mol. The molecule has 3 aromatic rings. The molecule has 0 aliphatic heterocycles. The Morgan fingerprint density at radius 2 is 1.88 bits per heavy atom. The van der Waals surface area contributed by atoms with Crippen LogP contribution in [-0.4, -0.2) is 44.2 Å². The van der Waals surface area contributed by atoms with E-state index in [2.05, 4.69) is 15.4 Å². The number of aliphatic hydroxyl groups is 1. The zero-order valence-corrected chi connectivity index (χ0v) is 18.6. The summed E-state index contributed by atoms with van der Waals surface area (Å²) in [5.41, 5.74) is -2.39. The fourth-order valence-electron chi connectivity index (χ4n) is 3.05. The Morgan fingerprint density at radius 1 is 1.18 bits per heavy atom. The lowest BCUT2D eigenvalue weighted by molar-refractivity contribution is -0.290. The fourth-order valence-corrected chi connectivity index (χ4v) is 3.05. The van der Waals surface area contributed by atoms with Crippen LogP contribution in [0.1, 0.15) is 43.4 Å². The number of alkyl halides is 5. The van der Waals surface area contributed by atoms with Gasteiger partial charge in [-0.05, 0) is 45.4 Å². The van der Waals surface area contributed by atoms with Gasteiger partial charge in [0.05, 0.1) is 23.4 Å². The van der Waals surface area contributed by atoms with Gasteiger partial charge in [-0.15, -0.1) is 0 Å². The molecule has 2 aromatic heterocycles. The first-order valence-corrected chi connectivity index (χ1v) is 10.3. The van der Waals surface area contributed by atoms with Gasteiger partial charge in [0, 0.05) is 24.2 Å². The van der Waals surface area contributed by atoms with E-state index in [9.17, 15) is 31.9 Å². The van der Waals surface area contributed by atoms with Crippen molar-refractivity contribution in [2.45, 2.75) is 51.4 Å². The number of pyridine rings is 1. The maximum absolute atomic E-state index is 13.6. The first kappa shape index (κ1) is 25.3. The molecule has 0 saturated heterocycles. The van der Waals surface area contributed by atoms with Crippen LogP contribution in [0.2, 0.25) is 0 Å². The fraction of sp³-hybridized carbons (Fsp3) is 0.409. The number of hydrogen-bond donors (Lipinski definition) is 2. The van der Waals surface area contributed by atoms with Crippen LogP contribution in [0.3, 0.4) is 0 Å². The quantitative estimate of drug-likeness (QED) is 0.443. The van der Waals surface area contributed by atoms with Crippen molar-refractivity contribution in [3.05, 3.63) is 47.9 Å². The lowest BCUT2D eigenvalue weighted by atomic mass is 10.1. The summed E-state index contributed by atoms with van der Waals surface area (Å²) in [5, 5.41) is 17.4. The molecule has 12 heteroatoms. The zero-order valence-electron chi connectivity index (χ0n) is 18.6. The Bertz CT molecular complexity index is 1190. The van der Waals surface area contributed by atoms with Crippen LogP contribution in [0.15, 0.2) is 36.5 Å². The van der Waals surface area contributed by atoms with Gasteiger partial charge in [-0.1, -0.05) is 6.07 Å². The second-order valence-corrected chi connectivity index (χ2v) is 8.23. The van der Waals surface area contributed by atoms with E-state index in [-0.39, 0.29) is 18.0 Å². The standard InChI is InChI=1S/C22H23F5N4O3/c1-4-34-17-11-15-13(12-31(30-15)9-8-20(2,3)33)10-16(17)29-19(32)14-6-5-7-18(28-14)21(23,24)22(25,26)27/h5-7,10-12,33H,4,8-9H2,1-3H3,(H,29,32). The number of ether oxygens (including phenoxy) is 1. The number of aromatic nitrogens is 3. The van der Waals surface area contributed by atoms with Crippen LogP contribution in [0, 0.1) is 0 Å². The highest BCUT2D eigenvalue weighted by Gasteiger charge is 2.60. The van der Waals surface area contributed by atoms with Gasteiger partial charge in [-0.3, -0.25) is 9.48 Å². The van der Waals surface area contributed by atoms with Crippen LogP contribution in [0.5, 0.6) is 5.75 Å². The van der Waals surface area contributed by atoms with Gasteiger partial charge >= 0.3 is 12.1 Å². The molecule has 2 N–H and O–H groups in total.